The average molecular weight is 429 g/mol. The summed E-state index contributed by atoms with van der Waals surface area (Å²) in [5.41, 5.74) is -0.411. The SMILES string of the molecule is CCC12C[C@@H](OC(=O)CO)[C@@](C)(O1)[C@@H]1CC[C@@H](C)[C@H]1[C@@H]2OC(=O)C=Cc1ccccc1. The van der Waals surface area contributed by atoms with Gasteiger partial charge in [-0.1, -0.05) is 44.2 Å². The van der Waals surface area contributed by atoms with Gasteiger partial charge in [0, 0.05) is 18.4 Å². The van der Waals surface area contributed by atoms with Crippen molar-refractivity contribution in [3.05, 3.63) is 42.0 Å². The number of aliphatic hydroxyl groups is 1. The summed E-state index contributed by atoms with van der Waals surface area (Å²) in [5.74, 6) is -0.386. The molecule has 1 aromatic carbocycles. The number of benzene rings is 1. The van der Waals surface area contributed by atoms with Gasteiger partial charge in [0.25, 0.3) is 0 Å². The summed E-state index contributed by atoms with van der Waals surface area (Å²) in [6.45, 7) is 5.59. The highest BCUT2D eigenvalue weighted by Gasteiger charge is 2.70. The molecule has 31 heavy (non-hydrogen) atoms. The van der Waals surface area contributed by atoms with E-state index in [1.165, 1.54) is 6.08 Å². The van der Waals surface area contributed by atoms with Crippen molar-refractivity contribution in [2.45, 2.75) is 69.9 Å². The second-order valence-electron chi connectivity index (χ2n) is 9.38. The lowest BCUT2D eigenvalue weighted by atomic mass is 9.71. The van der Waals surface area contributed by atoms with E-state index >= 15 is 0 Å². The van der Waals surface area contributed by atoms with Crippen LogP contribution in [0.25, 0.3) is 6.08 Å². The van der Waals surface area contributed by atoms with Crippen molar-refractivity contribution in [1.82, 2.24) is 0 Å². The number of aliphatic hydroxyl groups excluding tert-OH is 1. The Morgan fingerprint density at radius 1 is 1.23 bits per heavy atom. The summed E-state index contributed by atoms with van der Waals surface area (Å²) in [5, 5.41) is 9.20. The van der Waals surface area contributed by atoms with Crippen LogP contribution in [0.4, 0.5) is 0 Å². The molecule has 1 saturated carbocycles. The first-order valence-electron chi connectivity index (χ1n) is 11.3. The van der Waals surface area contributed by atoms with Crippen LogP contribution in [-0.4, -0.2) is 47.1 Å². The van der Waals surface area contributed by atoms with E-state index in [4.69, 9.17) is 14.2 Å². The summed E-state index contributed by atoms with van der Waals surface area (Å²) < 4.78 is 18.4. The molecular formula is C25H32O6. The smallest absolute Gasteiger partial charge is 0.332 e. The van der Waals surface area contributed by atoms with E-state index in [1.54, 1.807) is 6.08 Å². The maximum absolute atomic E-state index is 12.8. The summed E-state index contributed by atoms with van der Waals surface area (Å²) in [4.78, 5) is 24.7. The molecule has 3 aliphatic rings. The summed E-state index contributed by atoms with van der Waals surface area (Å²) in [6.07, 6.45) is 5.42. The molecule has 7 atom stereocenters. The molecule has 3 fully saturated rings. The molecule has 6 nitrogen and oxygen atoms in total. The lowest BCUT2D eigenvalue weighted by molar-refractivity contribution is -0.253. The van der Waals surface area contributed by atoms with Crippen molar-refractivity contribution in [3.8, 4) is 0 Å². The second kappa shape index (κ2) is 8.40. The van der Waals surface area contributed by atoms with Gasteiger partial charge in [0.05, 0.1) is 0 Å². The fourth-order valence-corrected chi connectivity index (χ4v) is 6.15. The van der Waals surface area contributed by atoms with E-state index in [2.05, 4.69) is 6.92 Å². The van der Waals surface area contributed by atoms with Crippen molar-refractivity contribution in [1.29, 1.82) is 0 Å². The minimum absolute atomic E-state index is 0.122. The molecule has 2 heterocycles. The van der Waals surface area contributed by atoms with E-state index in [1.807, 2.05) is 44.2 Å². The molecule has 0 spiro atoms. The largest absolute Gasteiger partial charge is 0.457 e. The molecular weight excluding hydrogens is 396 g/mol. The maximum atomic E-state index is 12.8. The van der Waals surface area contributed by atoms with Crippen LogP contribution in [0.5, 0.6) is 0 Å². The molecule has 6 heteroatoms. The van der Waals surface area contributed by atoms with E-state index in [0.29, 0.717) is 18.8 Å². The fraction of sp³-hybridized carbons (Fsp3) is 0.600. The van der Waals surface area contributed by atoms with Crippen molar-refractivity contribution in [2.24, 2.45) is 17.8 Å². The van der Waals surface area contributed by atoms with Gasteiger partial charge in [-0.25, -0.2) is 9.59 Å². The minimum Gasteiger partial charge on any atom is -0.457 e. The molecule has 1 N–H and O–H groups in total. The Hall–Kier alpha value is -2.18. The number of rotatable bonds is 6. The summed E-state index contributed by atoms with van der Waals surface area (Å²) in [7, 11) is 0. The monoisotopic (exact) mass is 428 g/mol. The quantitative estimate of drug-likeness (QED) is 0.552. The Kier molecular flexibility index (Phi) is 5.97. The highest BCUT2D eigenvalue weighted by molar-refractivity contribution is 5.87. The van der Waals surface area contributed by atoms with Crippen LogP contribution in [0.2, 0.25) is 0 Å². The summed E-state index contributed by atoms with van der Waals surface area (Å²) in [6, 6.07) is 9.63. The standard InChI is InChI=1S/C25H32O6/c1-4-25-14-19(29-21(28)15-26)24(3,31-25)18-12-10-16(2)22(18)23(25)30-20(27)13-11-17-8-6-5-7-9-17/h5-9,11,13,16,18-19,22-23,26H,4,10,12,14-15H2,1-3H3/t16-,18-,19-,22-,23+,24+,25?/m1/s1. The first-order valence-corrected chi connectivity index (χ1v) is 11.3. The number of hydrogen-bond acceptors (Lipinski definition) is 6. The predicted octanol–water partition coefficient (Wildman–Crippen LogP) is 3.52. The number of carbonyl (C=O) groups is 2. The van der Waals surface area contributed by atoms with Gasteiger partial charge < -0.3 is 19.3 Å². The average Bonchev–Trinajstić information content (AvgIpc) is 3.28. The second-order valence-corrected chi connectivity index (χ2v) is 9.38. The highest BCUT2D eigenvalue weighted by atomic mass is 16.6. The van der Waals surface area contributed by atoms with Gasteiger partial charge in [-0.2, -0.15) is 0 Å². The van der Waals surface area contributed by atoms with Gasteiger partial charge in [-0.05, 0) is 49.7 Å². The normalized spacial score (nSPS) is 38.8. The van der Waals surface area contributed by atoms with Crippen molar-refractivity contribution in [2.75, 3.05) is 6.61 Å². The molecule has 0 aromatic heterocycles. The first-order chi connectivity index (χ1) is 14.8. The molecule has 0 radical (unpaired) electrons. The Labute approximate surface area is 183 Å². The van der Waals surface area contributed by atoms with Crippen LogP contribution in [0.15, 0.2) is 36.4 Å². The van der Waals surface area contributed by atoms with Crippen molar-refractivity contribution >= 4 is 18.0 Å². The third-order valence-corrected chi connectivity index (χ3v) is 7.71. The Morgan fingerprint density at radius 2 is 1.97 bits per heavy atom. The molecule has 2 bridgehead atoms. The van der Waals surface area contributed by atoms with Gasteiger partial charge in [0.2, 0.25) is 0 Å². The van der Waals surface area contributed by atoms with E-state index in [0.717, 1.165) is 18.4 Å². The van der Waals surface area contributed by atoms with Crippen molar-refractivity contribution < 1.29 is 28.9 Å². The van der Waals surface area contributed by atoms with Gasteiger partial charge in [0.1, 0.15) is 30.0 Å². The van der Waals surface area contributed by atoms with Crippen LogP contribution in [0, 0.1) is 17.8 Å². The van der Waals surface area contributed by atoms with E-state index in [-0.39, 0.29) is 17.8 Å². The minimum atomic E-state index is -0.703. The third-order valence-electron chi connectivity index (χ3n) is 7.71. The predicted molar refractivity (Wildman–Crippen MR) is 115 cm³/mol. The fourth-order valence-electron chi connectivity index (χ4n) is 6.15. The molecule has 0 amide bonds. The van der Waals surface area contributed by atoms with Crippen LogP contribution in [0.1, 0.15) is 52.0 Å². The van der Waals surface area contributed by atoms with Gasteiger partial charge in [0.15, 0.2) is 0 Å². The Bertz CT molecular complexity index is 851. The van der Waals surface area contributed by atoms with Crippen LogP contribution < -0.4 is 0 Å². The highest BCUT2D eigenvalue weighted by Crippen LogP contribution is 2.62. The zero-order chi connectivity index (χ0) is 22.2. The number of carbonyl (C=O) groups excluding carboxylic acids is 2. The zero-order valence-electron chi connectivity index (χ0n) is 18.5. The molecule has 168 valence electrons. The van der Waals surface area contributed by atoms with Gasteiger partial charge in [-0.15, -0.1) is 0 Å². The van der Waals surface area contributed by atoms with Crippen LogP contribution >= 0.6 is 0 Å². The number of ether oxygens (including phenoxy) is 3. The topological polar surface area (TPSA) is 82.1 Å². The lowest BCUT2D eigenvalue weighted by Gasteiger charge is -2.51. The number of fused-ring (bicyclic) bond motifs is 4. The van der Waals surface area contributed by atoms with Crippen molar-refractivity contribution in [3.63, 3.8) is 0 Å². The third kappa shape index (κ3) is 3.80. The molecule has 1 aromatic rings. The summed E-state index contributed by atoms with van der Waals surface area (Å²) >= 11 is 0. The lowest BCUT2D eigenvalue weighted by Crippen LogP contribution is -2.60. The van der Waals surface area contributed by atoms with Crippen LogP contribution in [-0.2, 0) is 23.8 Å². The number of hydrogen-bond donors (Lipinski definition) is 1. The molecule has 2 saturated heterocycles. The van der Waals surface area contributed by atoms with Crippen LogP contribution in [0.3, 0.4) is 0 Å². The van der Waals surface area contributed by atoms with Gasteiger partial charge >= 0.3 is 11.9 Å². The zero-order valence-corrected chi connectivity index (χ0v) is 18.5. The van der Waals surface area contributed by atoms with E-state index in [9.17, 15) is 14.7 Å². The molecule has 2 aliphatic heterocycles. The maximum Gasteiger partial charge on any atom is 0.332 e. The Morgan fingerprint density at radius 3 is 2.65 bits per heavy atom. The molecule has 1 aliphatic carbocycles. The van der Waals surface area contributed by atoms with Gasteiger partial charge in [-0.3, -0.25) is 0 Å². The molecule has 1 unspecified atom stereocenters. The first kappa shape index (κ1) is 22.0. The molecule has 4 rings (SSSR count). The Balaban J connectivity index is 1.61. The number of esters is 2. The van der Waals surface area contributed by atoms with E-state index < -0.39 is 36.0 Å².